The largest absolute Gasteiger partial charge is 0.508 e. The lowest BCUT2D eigenvalue weighted by molar-refractivity contribution is 0.445. The maximum atomic E-state index is 9.87. The summed E-state index contributed by atoms with van der Waals surface area (Å²) in [5.74, 6) is 3.00. The predicted molar refractivity (Wildman–Crippen MR) is 182 cm³/mol. The van der Waals surface area contributed by atoms with Crippen LogP contribution < -0.4 is 0 Å². The van der Waals surface area contributed by atoms with Crippen LogP contribution in [0, 0.1) is 0 Å². The highest BCUT2D eigenvalue weighted by atomic mass is 16.3. The molecule has 0 saturated heterocycles. The summed E-state index contributed by atoms with van der Waals surface area (Å²) < 4.78 is 4.58. The number of aromatic nitrogens is 4. The van der Waals surface area contributed by atoms with E-state index in [1.807, 2.05) is 36.4 Å². The van der Waals surface area contributed by atoms with Crippen molar-refractivity contribution in [1.29, 1.82) is 0 Å². The number of imidazole rings is 2. The molecule has 4 aromatic carbocycles. The summed E-state index contributed by atoms with van der Waals surface area (Å²) in [5, 5.41) is 39.2. The van der Waals surface area contributed by atoms with E-state index in [2.05, 4.69) is 23.0 Å². The van der Waals surface area contributed by atoms with Crippen molar-refractivity contribution in [2.24, 2.45) is 0 Å². The van der Waals surface area contributed by atoms with Crippen LogP contribution in [0.15, 0.2) is 72.8 Å². The Morgan fingerprint density at radius 2 is 1.04 bits per heavy atom. The lowest BCUT2D eigenvalue weighted by Gasteiger charge is -2.28. The van der Waals surface area contributed by atoms with Crippen LogP contribution in [0.25, 0.3) is 44.8 Å². The summed E-state index contributed by atoms with van der Waals surface area (Å²) in [7, 11) is 0. The zero-order valence-corrected chi connectivity index (χ0v) is 26.3. The molecule has 8 nitrogen and oxygen atoms in total. The van der Waals surface area contributed by atoms with Crippen LogP contribution in [-0.4, -0.2) is 39.5 Å². The van der Waals surface area contributed by atoms with Crippen molar-refractivity contribution in [3.63, 3.8) is 0 Å². The fraction of sp³-hybridized carbons (Fsp3) is 0.316. The minimum absolute atomic E-state index is 0.240. The number of benzene rings is 4. The van der Waals surface area contributed by atoms with Gasteiger partial charge >= 0.3 is 0 Å². The smallest absolute Gasteiger partial charge is 0.141 e. The Morgan fingerprint density at radius 3 is 1.63 bits per heavy atom. The zero-order valence-electron chi connectivity index (χ0n) is 26.3. The average molecular weight is 617 g/mol. The first kappa shape index (κ1) is 29.7. The summed E-state index contributed by atoms with van der Waals surface area (Å²) in [6.07, 6.45) is 8.57. The summed E-state index contributed by atoms with van der Waals surface area (Å²) in [5.41, 5.74) is 8.23. The van der Waals surface area contributed by atoms with E-state index in [0.29, 0.717) is 23.6 Å². The molecule has 0 radical (unpaired) electrons. The van der Waals surface area contributed by atoms with E-state index >= 15 is 0 Å². The Morgan fingerprint density at radius 1 is 0.565 bits per heavy atom. The van der Waals surface area contributed by atoms with Gasteiger partial charge in [-0.3, -0.25) is 0 Å². The van der Waals surface area contributed by atoms with Gasteiger partial charge in [-0.05, 0) is 97.5 Å². The molecule has 8 rings (SSSR count). The molecule has 2 aliphatic rings. The molecular formula is C38H40N4O4. The van der Waals surface area contributed by atoms with E-state index in [1.54, 1.807) is 36.4 Å². The Kier molecular flexibility index (Phi) is 7.80. The van der Waals surface area contributed by atoms with Crippen molar-refractivity contribution < 1.29 is 20.4 Å². The molecule has 2 aliphatic heterocycles. The van der Waals surface area contributed by atoms with Gasteiger partial charge in [0.2, 0.25) is 0 Å². The van der Waals surface area contributed by atoms with Gasteiger partial charge in [0.15, 0.2) is 0 Å². The highest BCUT2D eigenvalue weighted by Gasteiger charge is 2.29. The fourth-order valence-corrected chi connectivity index (χ4v) is 7.25. The summed E-state index contributed by atoms with van der Waals surface area (Å²) >= 11 is 0. The molecule has 0 bridgehead atoms. The molecular weight excluding hydrogens is 576 g/mol. The minimum atomic E-state index is 0.240. The van der Waals surface area contributed by atoms with E-state index in [4.69, 9.17) is 9.97 Å². The minimum Gasteiger partial charge on any atom is -0.508 e. The number of fused-ring (bicyclic) bond motifs is 10. The lowest BCUT2D eigenvalue weighted by Crippen LogP contribution is -2.18. The standard InChI is InChI=1S/2C19H20N2O2/c1-2-3-4-13-9-12-10-14(22)5-7-16(12)19-20-17-11-15(23)6-8-18(17)21(13)19;1-2-3-4-13-9-12-10-14(22)5-7-16(12)19-20-17-8-6-15(23)11-18(17)21(13)19/h2*5-8,10-11,13,22-23H,2-4,9H2,1H3. The second-order valence-corrected chi connectivity index (χ2v) is 12.6. The third-order valence-electron chi connectivity index (χ3n) is 9.43. The number of aromatic hydroxyl groups is 4. The van der Waals surface area contributed by atoms with Gasteiger partial charge < -0.3 is 29.6 Å². The second kappa shape index (κ2) is 12.1. The summed E-state index contributed by atoms with van der Waals surface area (Å²) in [6, 6.07) is 22.4. The molecule has 236 valence electrons. The van der Waals surface area contributed by atoms with E-state index in [-0.39, 0.29) is 11.5 Å². The van der Waals surface area contributed by atoms with E-state index < -0.39 is 0 Å². The highest BCUT2D eigenvalue weighted by Crippen LogP contribution is 2.42. The molecule has 6 aromatic rings. The maximum Gasteiger partial charge on any atom is 0.141 e. The quantitative estimate of drug-likeness (QED) is 0.149. The maximum absolute atomic E-state index is 9.87. The van der Waals surface area contributed by atoms with Crippen LogP contribution in [0.2, 0.25) is 0 Å². The van der Waals surface area contributed by atoms with Crippen LogP contribution in [0.4, 0.5) is 0 Å². The second-order valence-electron chi connectivity index (χ2n) is 12.6. The SMILES string of the molecule is CCCCC1Cc2cc(O)ccc2-c2nc3cc(O)ccc3n21.CCCCC1Cc2cc(O)ccc2-c2nc3ccc(O)cc3n21. The molecule has 2 unspecified atom stereocenters. The fourth-order valence-electron chi connectivity index (χ4n) is 7.25. The summed E-state index contributed by atoms with van der Waals surface area (Å²) in [4.78, 5) is 9.56. The molecule has 0 spiro atoms. The van der Waals surface area contributed by atoms with Gasteiger partial charge in [0.1, 0.15) is 34.6 Å². The monoisotopic (exact) mass is 616 g/mol. The van der Waals surface area contributed by atoms with Gasteiger partial charge in [0.25, 0.3) is 0 Å². The molecule has 46 heavy (non-hydrogen) atoms. The molecule has 2 atom stereocenters. The zero-order chi connectivity index (χ0) is 31.9. The van der Waals surface area contributed by atoms with Crippen molar-refractivity contribution >= 4 is 22.1 Å². The first-order chi connectivity index (χ1) is 22.3. The molecule has 0 saturated carbocycles. The Hall–Kier alpha value is -4.98. The van der Waals surface area contributed by atoms with Crippen LogP contribution in [-0.2, 0) is 12.8 Å². The van der Waals surface area contributed by atoms with Gasteiger partial charge in [0.05, 0.1) is 22.1 Å². The Labute approximate surface area is 268 Å². The van der Waals surface area contributed by atoms with Gasteiger partial charge in [-0.2, -0.15) is 0 Å². The topological polar surface area (TPSA) is 117 Å². The van der Waals surface area contributed by atoms with Crippen molar-refractivity contribution in [2.75, 3.05) is 0 Å². The van der Waals surface area contributed by atoms with E-state index in [0.717, 1.165) is 107 Å². The average Bonchev–Trinajstić information content (AvgIpc) is 3.61. The molecule has 8 heteroatoms. The predicted octanol–water partition coefficient (Wildman–Crippen LogP) is 8.80. The van der Waals surface area contributed by atoms with Gasteiger partial charge in [-0.1, -0.05) is 39.5 Å². The van der Waals surface area contributed by atoms with Crippen molar-refractivity contribution in [3.8, 4) is 45.8 Å². The molecule has 0 amide bonds. The Bertz CT molecular complexity index is 2020. The molecule has 2 aromatic heterocycles. The van der Waals surface area contributed by atoms with E-state index in [9.17, 15) is 20.4 Å². The normalized spacial score (nSPS) is 16.3. The Balaban J connectivity index is 0.000000147. The van der Waals surface area contributed by atoms with Gasteiger partial charge in [-0.25, -0.2) is 9.97 Å². The third-order valence-corrected chi connectivity index (χ3v) is 9.43. The van der Waals surface area contributed by atoms with Crippen molar-refractivity contribution in [3.05, 3.63) is 83.9 Å². The van der Waals surface area contributed by atoms with E-state index in [1.165, 1.54) is 0 Å². The molecule has 4 heterocycles. The number of hydrogen-bond donors (Lipinski definition) is 4. The van der Waals surface area contributed by atoms with Gasteiger partial charge in [0, 0.05) is 35.3 Å². The molecule has 0 fully saturated rings. The third kappa shape index (κ3) is 5.31. The van der Waals surface area contributed by atoms with Gasteiger partial charge in [-0.15, -0.1) is 0 Å². The van der Waals surface area contributed by atoms with Crippen LogP contribution in [0.5, 0.6) is 23.0 Å². The number of unbranched alkanes of at least 4 members (excludes halogenated alkanes) is 2. The number of nitrogens with zero attached hydrogens (tertiary/aromatic N) is 4. The van der Waals surface area contributed by atoms with Crippen LogP contribution >= 0.6 is 0 Å². The number of phenols is 4. The van der Waals surface area contributed by atoms with Crippen LogP contribution in [0.1, 0.15) is 75.6 Å². The first-order valence-corrected chi connectivity index (χ1v) is 16.4. The summed E-state index contributed by atoms with van der Waals surface area (Å²) in [6.45, 7) is 4.40. The molecule has 0 aliphatic carbocycles. The number of phenolic OH excluding ortho intramolecular Hbond substituents is 4. The lowest BCUT2D eigenvalue weighted by atomic mass is 9.92. The number of rotatable bonds is 6. The van der Waals surface area contributed by atoms with Crippen molar-refractivity contribution in [1.82, 2.24) is 19.1 Å². The first-order valence-electron chi connectivity index (χ1n) is 16.4. The highest BCUT2D eigenvalue weighted by molar-refractivity contribution is 5.85. The van der Waals surface area contributed by atoms with Crippen LogP contribution in [0.3, 0.4) is 0 Å². The number of hydrogen-bond acceptors (Lipinski definition) is 6. The van der Waals surface area contributed by atoms with Crippen molar-refractivity contribution in [2.45, 2.75) is 77.3 Å². The molecule has 4 N–H and O–H groups in total.